The van der Waals surface area contributed by atoms with E-state index in [9.17, 15) is 0 Å². The largest absolute Gasteiger partial charge is 0.497 e. The highest BCUT2D eigenvalue weighted by atomic mass is 16.5. The second-order valence-corrected chi connectivity index (χ2v) is 4.27. The molecule has 1 aromatic rings. The number of ether oxygens (including phenoxy) is 3. The van der Waals surface area contributed by atoms with Crippen LogP contribution in [0.25, 0.3) is 0 Å². The zero-order valence-electron chi connectivity index (χ0n) is 10.5. The topological polar surface area (TPSA) is 39.7 Å². The van der Waals surface area contributed by atoms with Gasteiger partial charge in [0.15, 0.2) is 0 Å². The van der Waals surface area contributed by atoms with E-state index in [1.165, 1.54) is 0 Å². The monoisotopic (exact) mass is 237 g/mol. The van der Waals surface area contributed by atoms with Crippen molar-refractivity contribution >= 4 is 5.69 Å². The van der Waals surface area contributed by atoms with E-state index in [2.05, 4.69) is 5.32 Å². The molecule has 2 rings (SSSR count). The van der Waals surface area contributed by atoms with Crippen molar-refractivity contribution in [1.29, 1.82) is 0 Å². The first-order valence-electron chi connectivity index (χ1n) is 5.77. The van der Waals surface area contributed by atoms with E-state index < -0.39 is 0 Å². The van der Waals surface area contributed by atoms with Crippen LogP contribution >= 0.6 is 0 Å². The molecule has 1 saturated carbocycles. The summed E-state index contributed by atoms with van der Waals surface area (Å²) in [4.78, 5) is 0. The van der Waals surface area contributed by atoms with Gasteiger partial charge in [0, 0.05) is 37.0 Å². The van der Waals surface area contributed by atoms with Gasteiger partial charge in [0.05, 0.1) is 20.3 Å². The summed E-state index contributed by atoms with van der Waals surface area (Å²) in [5, 5.41) is 3.45. The van der Waals surface area contributed by atoms with E-state index in [4.69, 9.17) is 14.2 Å². The number of hydrogen-bond donors (Lipinski definition) is 1. The molecule has 0 heterocycles. The molecule has 0 aromatic heterocycles. The van der Waals surface area contributed by atoms with Crippen LogP contribution in [-0.2, 0) is 4.74 Å². The summed E-state index contributed by atoms with van der Waals surface area (Å²) in [6, 6.07) is 6.30. The Morgan fingerprint density at radius 2 is 1.59 bits per heavy atom. The van der Waals surface area contributed by atoms with Crippen molar-refractivity contribution in [1.82, 2.24) is 0 Å². The summed E-state index contributed by atoms with van der Waals surface area (Å²) in [7, 11) is 5.07. The maximum atomic E-state index is 5.25. The molecule has 1 aromatic carbocycles. The lowest BCUT2D eigenvalue weighted by molar-refractivity contribution is 0.0328. The predicted molar refractivity (Wildman–Crippen MR) is 67.0 cm³/mol. The van der Waals surface area contributed by atoms with Gasteiger partial charge < -0.3 is 19.5 Å². The first-order valence-corrected chi connectivity index (χ1v) is 5.77. The predicted octanol–water partition coefficient (Wildman–Crippen LogP) is 2.29. The molecule has 4 nitrogen and oxygen atoms in total. The normalized spacial score (nSPS) is 22.8. The molecule has 0 unspecified atom stereocenters. The second-order valence-electron chi connectivity index (χ2n) is 4.27. The summed E-state index contributed by atoms with van der Waals surface area (Å²) in [5.74, 6) is 1.60. The number of anilines is 1. The van der Waals surface area contributed by atoms with Crippen LogP contribution in [0, 0.1) is 0 Å². The number of hydrogen-bond acceptors (Lipinski definition) is 4. The van der Waals surface area contributed by atoms with Crippen molar-refractivity contribution in [3.8, 4) is 11.5 Å². The minimum atomic E-state index is 0.403. The van der Waals surface area contributed by atoms with E-state index in [0.717, 1.165) is 30.0 Å². The molecule has 0 aliphatic heterocycles. The molecule has 17 heavy (non-hydrogen) atoms. The molecule has 0 amide bonds. The number of nitrogens with one attached hydrogen (secondary N) is 1. The molecule has 0 saturated heterocycles. The van der Waals surface area contributed by atoms with Crippen molar-refractivity contribution in [2.75, 3.05) is 26.6 Å². The Morgan fingerprint density at radius 3 is 2.06 bits per heavy atom. The van der Waals surface area contributed by atoms with Crippen LogP contribution < -0.4 is 14.8 Å². The third-order valence-electron chi connectivity index (χ3n) is 3.15. The van der Waals surface area contributed by atoms with Crippen LogP contribution in [0.15, 0.2) is 18.2 Å². The Morgan fingerprint density at radius 1 is 1.00 bits per heavy atom. The maximum Gasteiger partial charge on any atom is 0.124 e. The van der Waals surface area contributed by atoms with Gasteiger partial charge in [-0.05, 0) is 12.8 Å². The molecular formula is C13H19NO3. The van der Waals surface area contributed by atoms with E-state index in [1.807, 2.05) is 18.2 Å². The van der Waals surface area contributed by atoms with Crippen LogP contribution in [0.5, 0.6) is 11.5 Å². The van der Waals surface area contributed by atoms with Crippen molar-refractivity contribution < 1.29 is 14.2 Å². The minimum Gasteiger partial charge on any atom is -0.497 e. The third kappa shape index (κ3) is 2.82. The average molecular weight is 237 g/mol. The van der Waals surface area contributed by atoms with Gasteiger partial charge in [-0.25, -0.2) is 0 Å². The van der Waals surface area contributed by atoms with Gasteiger partial charge in [0.1, 0.15) is 11.5 Å². The zero-order chi connectivity index (χ0) is 12.3. The van der Waals surface area contributed by atoms with Crippen molar-refractivity contribution in [2.45, 2.75) is 25.0 Å². The van der Waals surface area contributed by atoms with Crippen LogP contribution in [0.2, 0.25) is 0 Å². The lowest BCUT2D eigenvalue weighted by atomic mass is 9.89. The summed E-state index contributed by atoms with van der Waals surface area (Å²) in [6.45, 7) is 0. The van der Waals surface area contributed by atoms with Crippen LogP contribution in [0.3, 0.4) is 0 Å². The summed E-state index contributed by atoms with van der Waals surface area (Å²) in [6.07, 6.45) is 2.51. The van der Waals surface area contributed by atoms with Gasteiger partial charge >= 0.3 is 0 Å². The first kappa shape index (κ1) is 12.0. The lowest BCUT2D eigenvalue weighted by Gasteiger charge is -2.35. The molecule has 0 spiro atoms. The van der Waals surface area contributed by atoms with Crippen LogP contribution in [0.4, 0.5) is 5.69 Å². The zero-order valence-corrected chi connectivity index (χ0v) is 10.5. The van der Waals surface area contributed by atoms with Crippen molar-refractivity contribution in [3.63, 3.8) is 0 Å². The van der Waals surface area contributed by atoms with Gasteiger partial charge in [-0.1, -0.05) is 0 Å². The highest BCUT2D eigenvalue weighted by molar-refractivity contribution is 5.54. The Balaban J connectivity index is 2.00. The van der Waals surface area contributed by atoms with Crippen LogP contribution in [-0.4, -0.2) is 33.5 Å². The Hall–Kier alpha value is -1.42. The quantitative estimate of drug-likeness (QED) is 0.853. The van der Waals surface area contributed by atoms with E-state index >= 15 is 0 Å². The molecule has 4 heteroatoms. The smallest absolute Gasteiger partial charge is 0.124 e. The van der Waals surface area contributed by atoms with E-state index in [1.54, 1.807) is 21.3 Å². The number of benzene rings is 1. The standard InChI is InChI=1S/C13H19NO3/c1-15-11-4-9(5-11)14-10-6-12(16-2)8-13(7-10)17-3/h6-9,11,14H,4-5H2,1-3H3. The number of rotatable bonds is 5. The fourth-order valence-electron chi connectivity index (χ4n) is 2.00. The molecule has 1 N–H and O–H groups in total. The summed E-state index contributed by atoms with van der Waals surface area (Å²) in [5.41, 5.74) is 1.03. The van der Waals surface area contributed by atoms with Gasteiger partial charge in [0.25, 0.3) is 0 Å². The van der Waals surface area contributed by atoms with Gasteiger partial charge in [-0.3, -0.25) is 0 Å². The second kappa shape index (κ2) is 5.27. The number of methoxy groups -OCH3 is 3. The maximum absolute atomic E-state index is 5.25. The Labute approximate surface area is 102 Å². The SMILES string of the molecule is COc1cc(NC2CC(OC)C2)cc(OC)c1. The highest BCUT2D eigenvalue weighted by Gasteiger charge is 2.28. The summed E-state index contributed by atoms with van der Waals surface area (Å²) < 4.78 is 15.7. The molecule has 1 fully saturated rings. The van der Waals surface area contributed by atoms with Gasteiger partial charge in [0.2, 0.25) is 0 Å². The van der Waals surface area contributed by atoms with Crippen molar-refractivity contribution in [2.24, 2.45) is 0 Å². The fraction of sp³-hybridized carbons (Fsp3) is 0.538. The highest BCUT2D eigenvalue weighted by Crippen LogP contribution is 2.30. The fourth-order valence-corrected chi connectivity index (χ4v) is 2.00. The van der Waals surface area contributed by atoms with Crippen molar-refractivity contribution in [3.05, 3.63) is 18.2 Å². The van der Waals surface area contributed by atoms with Gasteiger partial charge in [-0.2, -0.15) is 0 Å². The van der Waals surface area contributed by atoms with Crippen LogP contribution in [0.1, 0.15) is 12.8 Å². The van der Waals surface area contributed by atoms with Gasteiger partial charge in [-0.15, -0.1) is 0 Å². The Bertz CT molecular complexity index is 353. The molecule has 94 valence electrons. The molecular weight excluding hydrogens is 218 g/mol. The molecule has 1 aliphatic carbocycles. The summed E-state index contributed by atoms with van der Waals surface area (Å²) >= 11 is 0. The minimum absolute atomic E-state index is 0.403. The molecule has 0 atom stereocenters. The molecule has 1 aliphatic rings. The lowest BCUT2D eigenvalue weighted by Crippen LogP contribution is -2.40. The molecule has 0 bridgehead atoms. The first-order chi connectivity index (χ1) is 8.25. The third-order valence-corrected chi connectivity index (χ3v) is 3.15. The van der Waals surface area contributed by atoms with E-state index in [0.29, 0.717) is 12.1 Å². The van der Waals surface area contributed by atoms with E-state index in [-0.39, 0.29) is 0 Å². The average Bonchev–Trinajstić information content (AvgIpc) is 2.32. The Kier molecular flexibility index (Phi) is 3.74. The molecule has 0 radical (unpaired) electrons.